The molecule has 2 N–H and O–H groups in total. The van der Waals surface area contributed by atoms with Crippen molar-refractivity contribution in [1.29, 1.82) is 0 Å². The number of benzene rings is 2. The fourth-order valence-electron chi connectivity index (χ4n) is 6.21. The first kappa shape index (κ1) is 21.5. The van der Waals surface area contributed by atoms with E-state index in [4.69, 9.17) is 4.74 Å². The summed E-state index contributed by atoms with van der Waals surface area (Å²) in [6, 6.07) is 15.6. The van der Waals surface area contributed by atoms with Gasteiger partial charge in [0.05, 0.1) is 11.3 Å². The standard InChI is InChI=1S/C26H26N2O5S/c29-23(30)22-13-34-14-28(22)24(31)26-10-15(26)9-16(11-26)27-25(32)33-12-21-19-7-3-1-5-17(19)18-6-2-4-8-20(18)21/h1-8,15-16,21-22H,9-14H2,(H,27,32)(H,29,30)/t15-,16+,22-,26+/m0/s1. The van der Waals surface area contributed by atoms with Crippen molar-refractivity contribution in [2.24, 2.45) is 11.3 Å². The molecule has 4 atom stereocenters. The molecule has 2 aromatic rings. The van der Waals surface area contributed by atoms with Crippen LogP contribution in [0.5, 0.6) is 0 Å². The topological polar surface area (TPSA) is 95.9 Å². The van der Waals surface area contributed by atoms with Crippen LogP contribution in [-0.2, 0) is 14.3 Å². The molecule has 0 spiro atoms. The Labute approximate surface area is 201 Å². The number of rotatable bonds is 5. The molecule has 0 aromatic heterocycles. The molecule has 1 heterocycles. The smallest absolute Gasteiger partial charge is 0.407 e. The first-order valence-electron chi connectivity index (χ1n) is 11.7. The van der Waals surface area contributed by atoms with Crippen molar-refractivity contribution in [1.82, 2.24) is 10.2 Å². The summed E-state index contributed by atoms with van der Waals surface area (Å²) in [4.78, 5) is 38.9. The molecule has 0 unspecified atom stereocenters. The predicted molar refractivity (Wildman–Crippen MR) is 127 cm³/mol. The number of fused-ring (bicyclic) bond motifs is 4. The lowest BCUT2D eigenvalue weighted by Crippen LogP contribution is -2.46. The number of carboxylic acid groups (broad SMARTS) is 1. The van der Waals surface area contributed by atoms with Gasteiger partial charge in [-0.2, -0.15) is 0 Å². The van der Waals surface area contributed by atoms with Gasteiger partial charge in [-0.3, -0.25) is 4.79 Å². The molecule has 176 valence electrons. The first-order chi connectivity index (χ1) is 16.5. The summed E-state index contributed by atoms with van der Waals surface area (Å²) in [7, 11) is 0. The highest BCUT2D eigenvalue weighted by atomic mass is 32.2. The third-order valence-corrected chi connectivity index (χ3v) is 8.94. The number of hydrogen-bond acceptors (Lipinski definition) is 5. The molecule has 4 aliphatic rings. The summed E-state index contributed by atoms with van der Waals surface area (Å²) in [5.74, 6) is 0.0606. The van der Waals surface area contributed by atoms with Gasteiger partial charge in [-0.15, -0.1) is 11.8 Å². The van der Waals surface area contributed by atoms with Crippen LogP contribution in [0.25, 0.3) is 11.1 Å². The van der Waals surface area contributed by atoms with E-state index in [0.29, 0.717) is 18.1 Å². The summed E-state index contributed by atoms with van der Waals surface area (Å²) < 4.78 is 5.67. The third-order valence-electron chi connectivity index (χ3n) is 7.93. The average molecular weight is 479 g/mol. The Hall–Kier alpha value is -3.00. The number of amides is 2. The maximum atomic E-state index is 13.2. The van der Waals surface area contributed by atoms with E-state index < -0.39 is 23.5 Å². The fourth-order valence-corrected chi connectivity index (χ4v) is 7.35. The maximum absolute atomic E-state index is 13.2. The molecule has 1 saturated heterocycles. The van der Waals surface area contributed by atoms with E-state index in [-0.39, 0.29) is 30.4 Å². The van der Waals surface area contributed by atoms with E-state index >= 15 is 0 Å². The minimum absolute atomic E-state index is 0.00340. The largest absolute Gasteiger partial charge is 0.480 e. The minimum atomic E-state index is -0.946. The van der Waals surface area contributed by atoms with E-state index in [1.54, 1.807) is 0 Å². The van der Waals surface area contributed by atoms with Gasteiger partial charge in [0, 0.05) is 17.7 Å². The summed E-state index contributed by atoms with van der Waals surface area (Å²) in [6.07, 6.45) is 1.60. The Bertz CT molecular complexity index is 1140. The summed E-state index contributed by atoms with van der Waals surface area (Å²) in [5, 5.41) is 12.4. The van der Waals surface area contributed by atoms with E-state index in [0.717, 1.165) is 12.8 Å². The average Bonchev–Trinajstić information content (AvgIpc) is 3.18. The Morgan fingerprint density at radius 2 is 1.74 bits per heavy atom. The van der Waals surface area contributed by atoms with Crippen LogP contribution in [0.1, 0.15) is 36.3 Å². The van der Waals surface area contributed by atoms with E-state index in [9.17, 15) is 19.5 Å². The van der Waals surface area contributed by atoms with Crippen molar-refractivity contribution in [2.45, 2.75) is 37.3 Å². The second-order valence-electron chi connectivity index (χ2n) is 9.79. The zero-order valence-electron chi connectivity index (χ0n) is 18.6. The molecular weight excluding hydrogens is 452 g/mol. The number of alkyl carbamates (subject to hydrolysis) is 1. The minimum Gasteiger partial charge on any atom is -0.480 e. The summed E-state index contributed by atoms with van der Waals surface area (Å²) in [5.41, 5.74) is 4.19. The van der Waals surface area contributed by atoms with Crippen LogP contribution in [0.3, 0.4) is 0 Å². The third kappa shape index (κ3) is 3.38. The van der Waals surface area contributed by atoms with Crippen LogP contribution in [0.4, 0.5) is 4.79 Å². The van der Waals surface area contributed by atoms with Crippen molar-refractivity contribution < 1.29 is 24.2 Å². The molecule has 3 aliphatic carbocycles. The lowest BCUT2D eigenvalue weighted by molar-refractivity contribution is -0.150. The van der Waals surface area contributed by atoms with Gasteiger partial charge in [0.15, 0.2) is 0 Å². The van der Waals surface area contributed by atoms with Crippen LogP contribution in [0, 0.1) is 11.3 Å². The number of carboxylic acids is 1. The highest BCUT2D eigenvalue weighted by molar-refractivity contribution is 7.99. The van der Waals surface area contributed by atoms with E-state index in [2.05, 4.69) is 29.6 Å². The summed E-state index contributed by atoms with van der Waals surface area (Å²) >= 11 is 1.48. The second kappa shape index (κ2) is 8.05. The number of carbonyl (C=O) groups excluding carboxylic acids is 2. The lowest BCUT2D eigenvalue weighted by atomic mass is 9.98. The molecule has 2 saturated carbocycles. The van der Waals surface area contributed by atoms with Gasteiger partial charge >= 0.3 is 12.1 Å². The van der Waals surface area contributed by atoms with Crippen LogP contribution in [-0.4, -0.2) is 58.3 Å². The zero-order chi connectivity index (χ0) is 23.4. The second-order valence-corrected chi connectivity index (χ2v) is 10.8. The number of nitrogens with one attached hydrogen (secondary N) is 1. The Kier molecular flexibility index (Phi) is 5.09. The number of carbonyl (C=O) groups is 3. The number of thioether (sulfide) groups is 1. The monoisotopic (exact) mass is 478 g/mol. The van der Waals surface area contributed by atoms with Gasteiger partial charge < -0.3 is 20.1 Å². The number of nitrogens with zero attached hydrogens (tertiary/aromatic N) is 1. The first-order valence-corrected chi connectivity index (χ1v) is 12.9. The Balaban J connectivity index is 1.07. The van der Waals surface area contributed by atoms with Gasteiger partial charge in [-0.1, -0.05) is 48.5 Å². The van der Waals surface area contributed by atoms with E-state index in [1.165, 1.54) is 38.9 Å². The number of ether oxygens (including phenoxy) is 1. The number of aliphatic carboxylic acids is 1. The van der Waals surface area contributed by atoms with Gasteiger partial charge in [0.1, 0.15) is 12.6 Å². The molecule has 7 nitrogen and oxygen atoms in total. The lowest BCUT2D eigenvalue weighted by Gasteiger charge is -2.26. The molecule has 2 aromatic carbocycles. The molecule has 0 bridgehead atoms. The van der Waals surface area contributed by atoms with Crippen molar-refractivity contribution >= 4 is 29.7 Å². The van der Waals surface area contributed by atoms with Crippen LogP contribution >= 0.6 is 11.8 Å². The highest BCUT2D eigenvalue weighted by Gasteiger charge is 2.67. The van der Waals surface area contributed by atoms with Crippen molar-refractivity contribution in [2.75, 3.05) is 18.2 Å². The van der Waals surface area contributed by atoms with Gasteiger partial charge in [0.25, 0.3) is 0 Å². The van der Waals surface area contributed by atoms with Gasteiger partial charge in [-0.05, 0) is 47.4 Å². The fraction of sp³-hybridized carbons (Fsp3) is 0.423. The highest BCUT2D eigenvalue weighted by Crippen LogP contribution is 2.64. The Morgan fingerprint density at radius 1 is 1.06 bits per heavy atom. The maximum Gasteiger partial charge on any atom is 0.407 e. The SMILES string of the molecule is O=C(N[C@@H]1C[C@H]2C[C@@]2(C(=O)N2CSC[C@H]2C(=O)O)C1)OCC1c2ccccc2-c2ccccc21. The van der Waals surface area contributed by atoms with Crippen molar-refractivity contribution in [3.8, 4) is 11.1 Å². The number of hydrogen-bond donors (Lipinski definition) is 2. The van der Waals surface area contributed by atoms with Crippen LogP contribution < -0.4 is 5.32 Å². The molecule has 0 radical (unpaired) electrons. The molecule has 2 amide bonds. The molecular formula is C26H26N2O5S. The molecule has 6 rings (SSSR count). The van der Waals surface area contributed by atoms with Crippen LogP contribution in [0.15, 0.2) is 48.5 Å². The summed E-state index contributed by atoms with van der Waals surface area (Å²) in [6.45, 7) is 0.255. The van der Waals surface area contributed by atoms with Crippen molar-refractivity contribution in [3.05, 3.63) is 59.7 Å². The zero-order valence-corrected chi connectivity index (χ0v) is 19.4. The molecule has 34 heavy (non-hydrogen) atoms. The van der Waals surface area contributed by atoms with Crippen LogP contribution in [0.2, 0.25) is 0 Å². The molecule has 1 aliphatic heterocycles. The van der Waals surface area contributed by atoms with Crippen molar-refractivity contribution in [3.63, 3.8) is 0 Å². The van der Waals surface area contributed by atoms with E-state index in [1.807, 2.05) is 24.3 Å². The predicted octanol–water partition coefficient (Wildman–Crippen LogP) is 3.68. The Morgan fingerprint density at radius 3 is 2.41 bits per heavy atom. The normalized spacial score (nSPS) is 28.7. The van der Waals surface area contributed by atoms with Gasteiger partial charge in [0.2, 0.25) is 5.91 Å². The quantitative estimate of drug-likeness (QED) is 0.681. The van der Waals surface area contributed by atoms with Gasteiger partial charge in [-0.25, -0.2) is 9.59 Å². The molecule has 8 heteroatoms. The molecule has 3 fully saturated rings.